The molecule has 0 aliphatic heterocycles. The second-order valence-corrected chi connectivity index (χ2v) is 7.85. The van der Waals surface area contributed by atoms with Gasteiger partial charge in [0, 0.05) is 16.5 Å². The molecule has 1 aliphatic carbocycles. The Labute approximate surface area is 132 Å². The molecule has 0 bridgehead atoms. The minimum Gasteiger partial charge on any atom is -0.294 e. The van der Waals surface area contributed by atoms with Gasteiger partial charge in [-0.25, -0.2) is 12.8 Å². The zero-order chi connectivity index (χ0) is 15.9. The number of benzene rings is 2. The maximum absolute atomic E-state index is 12.9. The molecule has 2 atom stereocenters. The standard InChI is InChI=1S/C16H12ClFO3S/c17-11-3-1-10(2-4-11)16(19)14-9-15(14)22(20,21)13-7-5-12(18)6-8-13/h1-8,14-15H,9H2. The van der Waals surface area contributed by atoms with E-state index in [-0.39, 0.29) is 10.7 Å². The maximum atomic E-state index is 12.9. The van der Waals surface area contributed by atoms with Crippen molar-refractivity contribution in [3.63, 3.8) is 0 Å². The highest BCUT2D eigenvalue weighted by Crippen LogP contribution is 2.42. The Balaban J connectivity index is 1.80. The van der Waals surface area contributed by atoms with Gasteiger partial charge in [-0.2, -0.15) is 0 Å². The first-order chi connectivity index (χ1) is 10.4. The second-order valence-electron chi connectivity index (χ2n) is 5.25. The van der Waals surface area contributed by atoms with Crippen molar-refractivity contribution < 1.29 is 17.6 Å². The van der Waals surface area contributed by atoms with Crippen LogP contribution < -0.4 is 0 Å². The third-order valence-electron chi connectivity index (χ3n) is 3.74. The molecule has 114 valence electrons. The van der Waals surface area contributed by atoms with Gasteiger partial charge in [0.25, 0.3) is 0 Å². The van der Waals surface area contributed by atoms with Gasteiger partial charge >= 0.3 is 0 Å². The molecular formula is C16H12ClFO3S. The maximum Gasteiger partial charge on any atom is 0.181 e. The molecule has 0 heterocycles. The van der Waals surface area contributed by atoms with E-state index in [0.29, 0.717) is 17.0 Å². The van der Waals surface area contributed by atoms with E-state index in [2.05, 4.69) is 0 Å². The lowest BCUT2D eigenvalue weighted by atomic mass is 10.1. The second kappa shape index (κ2) is 5.48. The summed E-state index contributed by atoms with van der Waals surface area (Å²) in [6.45, 7) is 0. The highest BCUT2D eigenvalue weighted by atomic mass is 35.5. The van der Waals surface area contributed by atoms with Crippen LogP contribution in [0.25, 0.3) is 0 Å². The molecule has 1 fully saturated rings. The van der Waals surface area contributed by atoms with Crippen molar-refractivity contribution in [3.8, 4) is 0 Å². The number of carbonyl (C=O) groups is 1. The van der Waals surface area contributed by atoms with Crippen LogP contribution in [-0.2, 0) is 9.84 Å². The Bertz CT molecular complexity index is 813. The van der Waals surface area contributed by atoms with Crippen molar-refractivity contribution >= 4 is 27.2 Å². The zero-order valence-electron chi connectivity index (χ0n) is 11.4. The quantitative estimate of drug-likeness (QED) is 0.633. The van der Waals surface area contributed by atoms with Crippen LogP contribution in [0.5, 0.6) is 0 Å². The number of ketones is 1. The van der Waals surface area contributed by atoms with Gasteiger partial charge in [0.15, 0.2) is 15.6 Å². The molecule has 0 radical (unpaired) electrons. The molecule has 0 aromatic heterocycles. The summed E-state index contributed by atoms with van der Waals surface area (Å²) in [4.78, 5) is 12.3. The van der Waals surface area contributed by atoms with Crippen LogP contribution in [0.2, 0.25) is 5.02 Å². The van der Waals surface area contributed by atoms with Crippen LogP contribution in [0.1, 0.15) is 16.8 Å². The first kappa shape index (κ1) is 15.2. The minimum absolute atomic E-state index is 0.0466. The van der Waals surface area contributed by atoms with Crippen LogP contribution in [0.15, 0.2) is 53.4 Å². The SMILES string of the molecule is O=C(c1ccc(Cl)cc1)C1CC1S(=O)(=O)c1ccc(F)cc1. The van der Waals surface area contributed by atoms with E-state index >= 15 is 0 Å². The summed E-state index contributed by atoms with van der Waals surface area (Å²) in [6.07, 6.45) is 0.293. The van der Waals surface area contributed by atoms with E-state index in [9.17, 15) is 17.6 Å². The fourth-order valence-corrected chi connectivity index (χ4v) is 4.43. The average Bonchev–Trinajstić information content (AvgIpc) is 3.29. The molecule has 22 heavy (non-hydrogen) atoms. The molecule has 1 aliphatic rings. The number of sulfone groups is 1. The summed E-state index contributed by atoms with van der Waals surface area (Å²) in [5.41, 5.74) is 0.450. The molecule has 0 N–H and O–H groups in total. The average molecular weight is 339 g/mol. The predicted octanol–water partition coefficient (Wildman–Crippen LogP) is 3.52. The first-order valence-electron chi connectivity index (χ1n) is 6.69. The van der Waals surface area contributed by atoms with Crippen LogP contribution in [0.4, 0.5) is 4.39 Å². The summed E-state index contributed by atoms with van der Waals surface area (Å²) >= 11 is 5.77. The summed E-state index contributed by atoms with van der Waals surface area (Å²) in [7, 11) is -3.61. The Morgan fingerprint density at radius 2 is 1.64 bits per heavy atom. The number of carbonyl (C=O) groups excluding carboxylic acids is 1. The smallest absolute Gasteiger partial charge is 0.181 e. The van der Waals surface area contributed by atoms with Gasteiger partial charge in [-0.05, 0) is 55.0 Å². The normalized spacial score (nSPS) is 20.6. The lowest BCUT2D eigenvalue weighted by Gasteiger charge is -2.04. The number of hydrogen-bond acceptors (Lipinski definition) is 3. The van der Waals surface area contributed by atoms with Crippen molar-refractivity contribution in [2.45, 2.75) is 16.6 Å². The Kier molecular flexibility index (Phi) is 3.78. The van der Waals surface area contributed by atoms with Crippen LogP contribution >= 0.6 is 11.6 Å². The van der Waals surface area contributed by atoms with E-state index in [0.717, 1.165) is 12.1 Å². The lowest BCUT2D eigenvalue weighted by molar-refractivity contribution is 0.0968. The van der Waals surface area contributed by atoms with E-state index in [4.69, 9.17) is 11.6 Å². The van der Waals surface area contributed by atoms with Gasteiger partial charge in [0.2, 0.25) is 0 Å². The van der Waals surface area contributed by atoms with E-state index in [1.165, 1.54) is 12.1 Å². The summed E-state index contributed by atoms with van der Waals surface area (Å²) in [6, 6.07) is 11.0. The molecule has 0 spiro atoms. The van der Waals surface area contributed by atoms with Crippen molar-refractivity contribution in [1.29, 1.82) is 0 Å². The molecule has 2 unspecified atom stereocenters. The summed E-state index contributed by atoms with van der Waals surface area (Å²) in [5.74, 6) is -1.24. The number of hydrogen-bond donors (Lipinski definition) is 0. The first-order valence-corrected chi connectivity index (χ1v) is 8.61. The van der Waals surface area contributed by atoms with Gasteiger partial charge in [-0.1, -0.05) is 11.6 Å². The minimum atomic E-state index is -3.61. The molecule has 6 heteroatoms. The molecule has 3 nitrogen and oxygen atoms in total. The van der Waals surface area contributed by atoms with Crippen LogP contribution in [0, 0.1) is 11.7 Å². The van der Waals surface area contributed by atoms with Crippen molar-refractivity contribution in [1.82, 2.24) is 0 Å². The topological polar surface area (TPSA) is 51.2 Å². The zero-order valence-corrected chi connectivity index (χ0v) is 12.9. The van der Waals surface area contributed by atoms with Gasteiger partial charge in [0.1, 0.15) is 5.82 Å². The lowest BCUT2D eigenvalue weighted by Crippen LogP contribution is -2.14. The Morgan fingerprint density at radius 3 is 2.23 bits per heavy atom. The Hall–Kier alpha value is -1.72. The third-order valence-corrected chi connectivity index (χ3v) is 6.24. The Morgan fingerprint density at radius 1 is 1.05 bits per heavy atom. The van der Waals surface area contributed by atoms with E-state index < -0.39 is 26.8 Å². The van der Waals surface area contributed by atoms with E-state index in [1.54, 1.807) is 24.3 Å². The van der Waals surface area contributed by atoms with E-state index in [1.807, 2.05) is 0 Å². The highest BCUT2D eigenvalue weighted by molar-refractivity contribution is 7.92. The van der Waals surface area contributed by atoms with Crippen molar-refractivity contribution in [3.05, 3.63) is 64.9 Å². The highest BCUT2D eigenvalue weighted by Gasteiger charge is 2.52. The van der Waals surface area contributed by atoms with Gasteiger partial charge < -0.3 is 0 Å². The monoisotopic (exact) mass is 338 g/mol. The van der Waals surface area contributed by atoms with Crippen molar-refractivity contribution in [2.75, 3.05) is 0 Å². The fraction of sp³-hybridized carbons (Fsp3) is 0.188. The molecular weight excluding hydrogens is 327 g/mol. The summed E-state index contributed by atoms with van der Waals surface area (Å²) in [5, 5.41) is -0.219. The largest absolute Gasteiger partial charge is 0.294 e. The third kappa shape index (κ3) is 2.78. The summed E-state index contributed by atoms with van der Waals surface area (Å²) < 4.78 is 37.7. The molecule has 2 aromatic carbocycles. The number of Topliss-reactive ketones (excluding diaryl/α,β-unsaturated/α-hetero) is 1. The molecule has 2 aromatic rings. The molecule has 0 saturated heterocycles. The molecule has 1 saturated carbocycles. The van der Waals surface area contributed by atoms with Crippen molar-refractivity contribution in [2.24, 2.45) is 5.92 Å². The number of halogens is 2. The number of rotatable bonds is 4. The van der Waals surface area contributed by atoms with Crippen LogP contribution in [-0.4, -0.2) is 19.5 Å². The fourth-order valence-electron chi connectivity index (χ4n) is 2.42. The molecule has 0 amide bonds. The van der Waals surface area contributed by atoms with Crippen LogP contribution in [0.3, 0.4) is 0 Å². The predicted molar refractivity (Wildman–Crippen MR) is 81.3 cm³/mol. The molecule has 3 rings (SSSR count). The van der Waals surface area contributed by atoms with Gasteiger partial charge in [0.05, 0.1) is 10.1 Å². The van der Waals surface area contributed by atoms with Gasteiger partial charge in [-0.15, -0.1) is 0 Å². The van der Waals surface area contributed by atoms with Gasteiger partial charge in [-0.3, -0.25) is 4.79 Å².